The normalized spacial score (nSPS) is 20.6. The van der Waals surface area contributed by atoms with Gasteiger partial charge in [-0.15, -0.1) is 0 Å². The third-order valence-electron chi connectivity index (χ3n) is 4.89. The van der Waals surface area contributed by atoms with Crippen LogP contribution in [-0.4, -0.2) is 53.8 Å². The highest BCUT2D eigenvalue weighted by atomic mass is 16.5. The molecule has 0 aromatic heterocycles. The molecule has 0 spiro atoms. The van der Waals surface area contributed by atoms with E-state index in [4.69, 9.17) is 4.74 Å². The van der Waals surface area contributed by atoms with Gasteiger partial charge in [-0.05, 0) is 43.5 Å². The maximum atomic E-state index is 12.6. The number of hydrogen-bond acceptors (Lipinski definition) is 5. The Morgan fingerprint density at radius 1 is 1.32 bits per heavy atom. The van der Waals surface area contributed by atoms with Crippen molar-refractivity contribution in [1.82, 2.24) is 10.2 Å². The standard InChI is InChI=1S/C19H24N2O5.CH3B/c1-3-4-16(11(2)22)26-13-5-6-14-12(9-13)10-21(19(14)25)15-7-8-17(23)20-18(15)24;1-2/h5-6,9,11,15-16,22H,3-4,7-8,10H2,1-2H3,(H,20,23,24);1H3. The van der Waals surface area contributed by atoms with E-state index in [0.29, 0.717) is 24.3 Å². The van der Waals surface area contributed by atoms with E-state index in [-0.39, 0.29) is 24.3 Å². The number of nitrogens with one attached hydrogen (secondary N) is 1. The lowest BCUT2D eigenvalue weighted by atomic mass is 10.0. The van der Waals surface area contributed by atoms with Crippen LogP contribution in [0.5, 0.6) is 5.75 Å². The summed E-state index contributed by atoms with van der Waals surface area (Å²) in [5.74, 6) is -0.329. The van der Waals surface area contributed by atoms with Crippen LogP contribution in [0.1, 0.15) is 55.5 Å². The van der Waals surface area contributed by atoms with Crippen LogP contribution >= 0.6 is 0 Å². The SMILES string of the molecule is CCCC(Oc1ccc2c(c1)CN(C1CCC(=O)NC1=O)C2=O)C(C)O.[B]C. The zero-order chi connectivity index (χ0) is 20.8. The van der Waals surface area contributed by atoms with Gasteiger partial charge in [-0.3, -0.25) is 19.7 Å². The summed E-state index contributed by atoms with van der Waals surface area (Å²) in [6.45, 7) is 5.53. The van der Waals surface area contributed by atoms with Gasteiger partial charge < -0.3 is 14.7 Å². The lowest BCUT2D eigenvalue weighted by Crippen LogP contribution is -2.52. The largest absolute Gasteiger partial charge is 0.488 e. The van der Waals surface area contributed by atoms with Crippen molar-refractivity contribution >= 4 is 25.6 Å². The molecule has 2 N–H and O–H groups in total. The third kappa shape index (κ3) is 4.73. The number of carbonyl (C=O) groups is 3. The average molecular weight is 386 g/mol. The van der Waals surface area contributed by atoms with Gasteiger partial charge >= 0.3 is 0 Å². The molecule has 3 unspecified atom stereocenters. The van der Waals surface area contributed by atoms with Crippen molar-refractivity contribution in [1.29, 1.82) is 0 Å². The number of amides is 3. The van der Waals surface area contributed by atoms with Crippen LogP contribution in [0.3, 0.4) is 0 Å². The molecule has 2 radical (unpaired) electrons. The molecular weight excluding hydrogens is 359 g/mol. The van der Waals surface area contributed by atoms with Crippen LogP contribution in [0.15, 0.2) is 18.2 Å². The van der Waals surface area contributed by atoms with Crippen LogP contribution < -0.4 is 10.1 Å². The maximum absolute atomic E-state index is 12.6. The molecule has 1 fully saturated rings. The summed E-state index contributed by atoms with van der Waals surface area (Å²) in [6, 6.07) is 4.59. The van der Waals surface area contributed by atoms with Crippen molar-refractivity contribution in [3.8, 4) is 5.75 Å². The van der Waals surface area contributed by atoms with Gasteiger partial charge in [-0.25, -0.2) is 0 Å². The Morgan fingerprint density at radius 2 is 2.04 bits per heavy atom. The predicted octanol–water partition coefficient (Wildman–Crippen LogP) is 1.58. The Morgan fingerprint density at radius 3 is 2.64 bits per heavy atom. The molecule has 150 valence electrons. The molecule has 2 aliphatic rings. The van der Waals surface area contributed by atoms with Crippen LogP contribution in [0, 0.1) is 0 Å². The fourth-order valence-electron chi connectivity index (χ4n) is 3.48. The van der Waals surface area contributed by atoms with E-state index in [2.05, 4.69) is 13.2 Å². The molecule has 0 aliphatic carbocycles. The van der Waals surface area contributed by atoms with Crippen molar-refractivity contribution in [3.63, 3.8) is 0 Å². The molecule has 2 heterocycles. The second kappa shape index (κ2) is 9.73. The molecule has 0 saturated carbocycles. The molecule has 28 heavy (non-hydrogen) atoms. The van der Waals surface area contributed by atoms with E-state index in [0.717, 1.165) is 18.4 Å². The van der Waals surface area contributed by atoms with Gasteiger partial charge in [0.25, 0.3) is 5.91 Å². The molecule has 3 amide bonds. The Labute approximate surface area is 166 Å². The highest BCUT2D eigenvalue weighted by molar-refractivity contribution is 6.05. The molecule has 3 atom stereocenters. The molecule has 1 saturated heterocycles. The summed E-state index contributed by atoms with van der Waals surface area (Å²) in [6.07, 6.45) is 1.30. The molecular formula is C20H27BN2O5. The summed E-state index contributed by atoms with van der Waals surface area (Å²) in [5, 5.41) is 12.1. The van der Waals surface area contributed by atoms with E-state index in [9.17, 15) is 19.5 Å². The monoisotopic (exact) mass is 386 g/mol. The quantitative estimate of drug-likeness (QED) is 0.572. The molecule has 8 heteroatoms. The van der Waals surface area contributed by atoms with Crippen LogP contribution in [0.25, 0.3) is 0 Å². The first-order chi connectivity index (χ1) is 13.4. The molecule has 1 aromatic carbocycles. The number of imide groups is 1. The van der Waals surface area contributed by atoms with Crippen molar-refractivity contribution in [2.75, 3.05) is 0 Å². The summed E-state index contributed by atoms with van der Waals surface area (Å²) < 4.78 is 5.89. The van der Waals surface area contributed by atoms with E-state index >= 15 is 0 Å². The fraction of sp³-hybridized carbons (Fsp3) is 0.550. The van der Waals surface area contributed by atoms with Crippen molar-refractivity contribution in [2.45, 2.75) is 71.1 Å². The van der Waals surface area contributed by atoms with Gasteiger partial charge in [-0.1, -0.05) is 20.2 Å². The van der Waals surface area contributed by atoms with E-state index < -0.39 is 18.1 Å². The van der Waals surface area contributed by atoms with Gasteiger partial charge in [0.15, 0.2) is 0 Å². The van der Waals surface area contributed by atoms with E-state index in [1.165, 1.54) is 11.7 Å². The number of hydrogen-bond donors (Lipinski definition) is 2. The Hall–Kier alpha value is -2.35. The first-order valence-corrected chi connectivity index (χ1v) is 9.60. The van der Waals surface area contributed by atoms with Gasteiger partial charge in [0, 0.05) is 18.5 Å². The number of rotatable bonds is 6. The van der Waals surface area contributed by atoms with Crippen molar-refractivity contribution in [3.05, 3.63) is 29.3 Å². The van der Waals surface area contributed by atoms with E-state index in [1.807, 2.05) is 6.92 Å². The summed E-state index contributed by atoms with van der Waals surface area (Å²) in [7, 11) is 4.50. The molecule has 2 aliphatic heterocycles. The summed E-state index contributed by atoms with van der Waals surface area (Å²) in [5.41, 5.74) is 1.34. The van der Waals surface area contributed by atoms with Crippen LogP contribution in [0.2, 0.25) is 6.82 Å². The van der Waals surface area contributed by atoms with E-state index in [1.54, 1.807) is 25.1 Å². The van der Waals surface area contributed by atoms with Crippen LogP contribution in [0.4, 0.5) is 0 Å². The zero-order valence-corrected chi connectivity index (χ0v) is 16.6. The lowest BCUT2D eigenvalue weighted by molar-refractivity contribution is -0.136. The number of nitrogens with zero attached hydrogens (tertiary/aromatic N) is 1. The van der Waals surface area contributed by atoms with Gasteiger partial charge in [-0.2, -0.15) is 0 Å². The van der Waals surface area contributed by atoms with Gasteiger partial charge in [0.05, 0.1) is 14.0 Å². The lowest BCUT2D eigenvalue weighted by Gasteiger charge is -2.29. The fourth-order valence-corrected chi connectivity index (χ4v) is 3.48. The third-order valence-corrected chi connectivity index (χ3v) is 4.89. The first-order valence-electron chi connectivity index (χ1n) is 9.60. The minimum absolute atomic E-state index is 0.207. The summed E-state index contributed by atoms with van der Waals surface area (Å²) in [4.78, 5) is 37.5. The van der Waals surface area contributed by atoms with Crippen LogP contribution in [-0.2, 0) is 16.1 Å². The molecule has 1 aromatic rings. The highest BCUT2D eigenvalue weighted by Crippen LogP contribution is 2.30. The van der Waals surface area contributed by atoms with Crippen molar-refractivity contribution < 1.29 is 24.2 Å². The minimum atomic E-state index is -0.623. The minimum Gasteiger partial charge on any atom is -0.488 e. The number of fused-ring (bicyclic) bond motifs is 1. The number of ether oxygens (including phenoxy) is 1. The zero-order valence-electron chi connectivity index (χ0n) is 16.6. The predicted molar refractivity (Wildman–Crippen MR) is 105 cm³/mol. The summed E-state index contributed by atoms with van der Waals surface area (Å²) >= 11 is 0. The Kier molecular flexibility index (Phi) is 7.63. The van der Waals surface area contributed by atoms with Crippen molar-refractivity contribution in [2.24, 2.45) is 0 Å². The smallest absolute Gasteiger partial charge is 0.255 e. The molecule has 3 rings (SSSR count). The number of aliphatic hydroxyl groups excluding tert-OH is 1. The Balaban J connectivity index is 0.00000136. The number of carbonyl (C=O) groups excluding carboxylic acids is 3. The molecule has 0 bridgehead atoms. The Bertz CT molecular complexity index is 737. The highest BCUT2D eigenvalue weighted by Gasteiger charge is 2.39. The number of piperidine rings is 1. The topological polar surface area (TPSA) is 95.9 Å². The first kappa shape index (κ1) is 21.9. The maximum Gasteiger partial charge on any atom is 0.255 e. The second-order valence-electron chi connectivity index (χ2n) is 6.90. The average Bonchev–Trinajstić information content (AvgIpc) is 2.99. The molecule has 7 nitrogen and oxygen atoms in total. The van der Waals surface area contributed by atoms with Gasteiger partial charge in [0.1, 0.15) is 17.9 Å². The number of aliphatic hydroxyl groups is 1. The van der Waals surface area contributed by atoms with Gasteiger partial charge in [0.2, 0.25) is 11.8 Å². The second-order valence-corrected chi connectivity index (χ2v) is 6.90. The number of benzene rings is 1.